The summed E-state index contributed by atoms with van der Waals surface area (Å²) in [5, 5.41) is 8.60. The van der Waals surface area contributed by atoms with Gasteiger partial charge in [0, 0.05) is 22.3 Å². The molecule has 0 saturated heterocycles. The van der Waals surface area contributed by atoms with E-state index in [9.17, 15) is 0 Å². The predicted molar refractivity (Wildman–Crippen MR) is 81.8 cm³/mol. The molecule has 0 bridgehead atoms. The van der Waals surface area contributed by atoms with Gasteiger partial charge >= 0.3 is 0 Å². The Balaban J connectivity index is 2.07. The van der Waals surface area contributed by atoms with E-state index in [1.807, 2.05) is 36.6 Å². The van der Waals surface area contributed by atoms with Crippen molar-refractivity contribution < 1.29 is 0 Å². The van der Waals surface area contributed by atoms with E-state index >= 15 is 0 Å². The Morgan fingerprint density at radius 1 is 1.15 bits per heavy atom. The van der Waals surface area contributed by atoms with Crippen molar-refractivity contribution in [3.63, 3.8) is 0 Å². The van der Waals surface area contributed by atoms with Crippen LogP contribution in [0.2, 0.25) is 5.02 Å². The number of aromatic amines is 1. The van der Waals surface area contributed by atoms with Gasteiger partial charge in [-0.2, -0.15) is 5.10 Å². The number of aromatic nitrogens is 4. The summed E-state index contributed by atoms with van der Waals surface area (Å²) in [6, 6.07) is 9.50. The Morgan fingerprint density at radius 2 is 1.95 bits per heavy atom. The average molecular weight is 303 g/mol. The molecule has 20 heavy (non-hydrogen) atoms. The molecule has 3 aromatic rings. The van der Waals surface area contributed by atoms with Gasteiger partial charge in [-0.25, -0.2) is 9.97 Å². The van der Waals surface area contributed by atoms with Crippen LogP contribution in [-0.2, 0) is 0 Å². The molecular weight excluding hydrogens is 292 g/mol. The molecule has 6 heteroatoms. The monoisotopic (exact) mass is 302 g/mol. The van der Waals surface area contributed by atoms with Gasteiger partial charge in [-0.1, -0.05) is 35.5 Å². The maximum absolute atomic E-state index is 5.92. The van der Waals surface area contributed by atoms with Gasteiger partial charge in [0.15, 0.2) is 5.16 Å². The van der Waals surface area contributed by atoms with Crippen molar-refractivity contribution in [2.75, 3.05) is 6.26 Å². The lowest BCUT2D eigenvalue weighted by atomic mass is 10.1. The lowest BCUT2D eigenvalue weighted by molar-refractivity contribution is 0.976. The van der Waals surface area contributed by atoms with Gasteiger partial charge in [-0.05, 0) is 24.5 Å². The van der Waals surface area contributed by atoms with Crippen molar-refractivity contribution in [3.05, 3.63) is 47.7 Å². The molecule has 4 nitrogen and oxygen atoms in total. The topological polar surface area (TPSA) is 54.5 Å². The van der Waals surface area contributed by atoms with Crippen LogP contribution in [0, 0.1) is 0 Å². The van der Waals surface area contributed by atoms with Crippen LogP contribution in [0.3, 0.4) is 0 Å². The molecule has 0 fully saturated rings. The largest absolute Gasteiger partial charge is 0.277 e. The standard InChI is InChI=1S/C14H11ClN4S/c1-20-14-16-7-6-12(18-14)11-8-17-19-13(11)9-2-4-10(15)5-3-9/h2-8H,1H3,(H,17,19). The molecule has 2 heterocycles. The number of benzene rings is 1. The summed E-state index contributed by atoms with van der Waals surface area (Å²) in [4.78, 5) is 8.69. The smallest absolute Gasteiger partial charge is 0.187 e. The van der Waals surface area contributed by atoms with Crippen LogP contribution in [0.1, 0.15) is 0 Å². The Labute approximate surface area is 125 Å². The van der Waals surface area contributed by atoms with Crippen molar-refractivity contribution in [3.8, 4) is 22.5 Å². The number of thioether (sulfide) groups is 1. The zero-order valence-electron chi connectivity index (χ0n) is 10.7. The van der Waals surface area contributed by atoms with E-state index in [1.54, 1.807) is 12.4 Å². The minimum absolute atomic E-state index is 0.710. The fourth-order valence-electron chi connectivity index (χ4n) is 1.91. The molecule has 0 atom stereocenters. The van der Waals surface area contributed by atoms with Crippen LogP contribution >= 0.6 is 23.4 Å². The van der Waals surface area contributed by atoms with E-state index in [0.29, 0.717) is 5.02 Å². The van der Waals surface area contributed by atoms with E-state index in [-0.39, 0.29) is 0 Å². The summed E-state index contributed by atoms with van der Waals surface area (Å²) in [6.45, 7) is 0. The first kappa shape index (κ1) is 13.1. The highest BCUT2D eigenvalue weighted by Crippen LogP contribution is 2.30. The zero-order chi connectivity index (χ0) is 13.9. The second-order valence-electron chi connectivity index (χ2n) is 4.09. The molecule has 0 aliphatic rings. The number of hydrogen-bond acceptors (Lipinski definition) is 4. The highest BCUT2D eigenvalue weighted by molar-refractivity contribution is 7.98. The van der Waals surface area contributed by atoms with Crippen LogP contribution in [-0.4, -0.2) is 26.4 Å². The van der Waals surface area contributed by atoms with E-state index < -0.39 is 0 Å². The molecule has 0 saturated carbocycles. The van der Waals surface area contributed by atoms with Crippen LogP contribution < -0.4 is 0 Å². The van der Waals surface area contributed by atoms with Gasteiger partial charge in [0.25, 0.3) is 0 Å². The average Bonchev–Trinajstić information content (AvgIpc) is 2.97. The minimum Gasteiger partial charge on any atom is -0.277 e. The van der Waals surface area contributed by atoms with E-state index in [0.717, 1.165) is 27.7 Å². The summed E-state index contributed by atoms with van der Waals surface area (Å²) in [5.74, 6) is 0. The van der Waals surface area contributed by atoms with Gasteiger partial charge in [0.1, 0.15) is 0 Å². The number of nitrogens with zero attached hydrogens (tertiary/aromatic N) is 3. The van der Waals surface area contributed by atoms with Gasteiger partial charge < -0.3 is 0 Å². The Morgan fingerprint density at radius 3 is 2.70 bits per heavy atom. The maximum atomic E-state index is 5.92. The van der Waals surface area contributed by atoms with Crippen molar-refractivity contribution in [1.29, 1.82) is 0 Å². The molecule has 100 valence electrons. The molecule has 0 unspecified atom stereocenters. The van der Waals surface area contributed by atoms with Crippen LogP contribution in [0.25, 0.3) is 22.5 Å². The van der Waals surface area contributed by atoms with Gasteiger partial charge in [-0.15, -0.1) is 0 Å². The molecule has 0 aliphatic heterocycles. The molecule has 1 N–H and O–H groups in total. The third-order valence-electron chi connectivity index (χ3n) is 2.86. The summed E-state index contributed by atoms with van der Waals surface area (Å²) in [5.41, 5.74) is 3.74. The fraction of sp³-hybridized carbons (Fsp3) is 0.0714. The normalized spacial score (nSPS) is 10.7. The fourth-order valence-corrected chi connectivity index (χ4v) is 2.39. The molecular formula is C14H11ClN4S. The Hall–Kier alpha value is -1.85. The van der Waals surface area contributed by atoms with Gasteiger partial charge in [0.05, 0.1) is 17.6 Å². The third kappa shape index (κ3) is 2.55. The molecule has 0 spiro atoms. The lowest BCUT2D eigenvalue weighted by Crippen LogP contribution is -1.90. The molecule has 2 aromatic heterocycles. The number of halogens is 1. The lowest BCUT2D eigenvalue weighted by Gasteiger charge is -2.04. The van der Waals surface area contributed by atoms with Crippen molar-refractivity contribution in [2.45, 2.75) is 5.16 Å². The van der Waals surface area contributed by atoms with Crippen LogP contribution in [0.15, 0.2) is 47.9 Å². The Kier molecular flexibility index (Phi) is 3.71. The number of rotatable bonds is 3. The predicted octanol–water partition coefficient (Wildman–Crippen LogP) is 3.91. The third-order valence-corrected chi connectivity index (χ3v) is 3.68. The minimum atomic E-state index is 0.710. The summed E-state index contributed by atoms with van der Waals surface area (Å²) < 4.78 is 0. The van der Waals surface area contributed by atoms with Crippen molar-refractivity contribution in [2.24, 2.45) is 0 Å². The van der Waals surface area contributed by atoms with E-state index in [4.69, 9.17) is 11.6 Å². The zero-order valence-corrected chi connectivity index (χ0v) is 12.2. The van der Waals surface area contributed by atoms with Crippen molar-refractivity contribution in [1.82, 2.24) is 20.2 Å². The summed E-state index contributed by atoms with van der Waals surface area (Å²) in [7, 11) is 0. The second kappa shape index (κ2) is 5.64. The first-order chi connectivity index (χ1) is 9.78. The maximum Gasteiger partial charge on any atom is 0.187 e. The summed E-state index contributed by atoms with van der Waals surface area (Å²) >= 11 is 7.43. The van der Waals surface area contributed by atoms with Gasteiger partial charge in [-0.3, -0.25) is 5.10 Å². The molecule has 0 amide bonds. The van der Waals surface area contributed by atoms with Crippen molar-refractivity contribution >= 4 is 23.4 Å². The van der Waals surface area contributed by atoms with Gasteiger partial charge in [0.2, 0.25) is 0 Å². The quantitative estimate of drug-likeness (QED) is 0.589. The number of nitrogens with one attached hydrogen (secondary N) is 1. The molecule has 0 radical (unpaired) electrons. The number of H-pyrrole nitrogens is 1. The first-order valence-electron chi connectivity index (χ1n) is 5.94. The molecule has 1 aromatic carbocycles. The molecule has 3 rings (SSSR count). The van der Waals surface area contributed by atoms with E-state index in [1.165, 1.54) is 11.8 Å². The SMILES string of the molecule is CSc1nccc(-c2cn[nH]c2-c2ccc(Cl)cc2)n1. The summed E-state index contributed by atoms with van der Waals surface area (Å²) in [6.07, 6.45) is 5.48. The second-order valence-corrected chi connectivity index (χ2v) is 5.30. The first-order valence-corrected chi connectivity index (χ1v) is 7.55. The molecule has 0 aliphatic carbocycles. The Bertz CT molecular complexity index is 724. The van der Waals surface area contributed by atoms with Crippen LogP contribution in [0.4, 0.5) is 0 Å². The van der Waals surface area contributed by atoms with Crippen LogP contribution in [0.5, 0.6) is 0 Å². The highest BCUT2D eigenvalue weighted by Gasteiger charge is 2.11. The number of hydrogen-bond donors (Lipinski definition) is 1. The highest BCUT2D eigenvalue weighted by atomic mass is 35.5. The van der Waals surface area contributed by atoms with E-state index in [2.05, 4.69) is 20.2 Å².